The zero-order valence-electron chi connectivity index (χ0n) is 13.8. The Balaban J connectivity index is 1.59. The summed E-state index contributed by atoms with van der Waals surface area (Å²) >= 11 is 5.83. The summed E-state index contributed by atoms with van der Waals surface area (Å²) in [4.78, 5) is 11.7. The molecule has 1 N–H and O–H groups in total. The predicted octanol–water partition coefficient (Wildman–Crippen LogP) is 3.62. The molecule has 130 valence electrons. The number of halogens is 1. The van der Waals surface area contributed by atoms with Gasteiger partial charge < -0.3 is 19.2 Å². The van der Waals surface area contributed by atoms with E-state index in [0.29, 0.717) is 36.1 Å². The molecule has 0 bridgehead atoms. The van der Waals surface area contributed by atoms with Gasteiger partial charge in [-0.25, -0.2) is 4.79 Å². The Morgan fingerprint density at radius 3 is 2.60 bits per heavy atom. The summed E-state index contributed by atoms with van der Waals surface area (Å²) in [7, 11) is 1.57. The third kappa shape index (κ3) is 4.53. The van der Waals surface area contributed by atoms with Crippen molar-refractivity contribution in [2.24, 2.45) is 0 Å². The van der Waals surface area contributed by atoms with E-state index in [4.69, 9.17) is 25.5 Å². The van der Waals surface area contributed by atoms with Gasteiger partial charge >= 0.3 is 5.63 Å². The maximum atomic E-state index is 11.7. The van der Waals surface area contributed by atoms with Crippen molar-refractivity contribution in [2.45, 2.75) is 6.54 Å². The van der Waals surface area contributed by atoms with Crippen LogP contribution in [0, 0.1) is 0 Å². The molecule has 0 unspecified atom stereocenters. The molecule has 0 spiro atoms. The fourth-order valence-corrected chi connectivity index (χ4v) is 2.60. The van der Waals surface area contributed by atoms with Crippen LogP contribution in [-0.4, -0.2) is 20.3 Å². The monoisotopic (exact) mass is 359 g/mol. The van der Waals surface area contributed by atoms with Crippen molar-refractivity contribution in [3.05, 3.63) is 69.5 Å². The summed E-state index contributed by atoms with van der Waals surface area (Å²) < 4.78 is 16.0. The SMILES string of the molecule is COc1ccc2c(CNCCOc3ccc(Cl)cc3)cc(=O)oc2c1. The molecule has 2 aromatic carbocycles. The highest BCUT2D eigenvalue weighted by atomic mass is 35.5. The second kappa shape index (κ2) is 8.05. The molecular formula is C19H18ClNO4. The molecule has 0 aliphatic carbocycles. The van der Waals surface area contributed by atoms with E-state index >= 15 is 0 Å². The second-order valence-electron chi connectivity index (χ2n) is 5.43. The van der Waals surface area contributed by atoms with Gasteiger partial charge in [-0.2, -0.15) is 0 Å². The van der Waals surface area contributed by atoms with Gasteiger partial charge in [0.25, 0.3) is 0 Å². The third-order valence-electron chi connectivity index (χ3n) is 3.71. The van der Waals surface area contributed by atoms with Crippen molar-refractivity contribution in [2.75, 3.05) is 20.3 Å². The van der Waals surface area contributed by atoms with E-state index in [1.807, 2.05) is 24.3 Å². The highest BCUT2D eigenvalue weighted by Gasteiger charge is 2.06. The molecule has 3 rings (SSSR count). The minimum absolute atomic E-state index is 0.380. The zero-order valence-corrected chi connectivity index (χ0v) is 14.5. The van der Waals surface area contributed by atoms with E-state index in [1.165, 1.54) is 6.07 Å². The van der Waals surface area contributed by atoms with Crippen LogP contribution in [-0.2, 0) is 6.54 Å². The number of methoxy groups -OCH3 is 1. The highest BCUT2D eigenvalue weighted by molar-refractivity contribution is 6.30. The van der Waals surface area contributed by atoms with Crippen LogP contribution in [0.25, 0.3) is 11.0 Å². The number of ether oxygens (including phenoxy) is 2. The summed E-state index contributed by atoms with van der Waals surface area (Å²) in [6.07, 6.45) is 0. The number of benzene rings is 2. The largest absolute Gasteiger partial charge is 0.497 e. The van der Waals surface area contributed by atoms with Crippen LogP contribution in [0.2, 0.25) is 5.02 Å². The summed E-state index contributed by atoms with van der Waals surface area (Å²) in [5.74, 6) is 1.42. The van der Waals surface area contributed by atoms with Gasteiger partial charge in [0.05, 0.1) is 7.11 Å². The molecule has 25 heavy (non-hydrogen) atoms. The average Bonchev–Trinajstić information content (AvgIpc) is 2.62. The fraction of sp³-hybridized carbons (Fsp3) is 0.211. The van der Waals surface area contributed by atoms with E-state index in [0.717, 1.165) is 16.7 Å². The van der Waals surface area contributed by atoms with Crippen LogP contribution >= 0.6 is 11.6 Å². The van der Waals surface area contributed by atoms with Crippen LogP contribution < -0.4 is 20.4 Å². The molecule has 0 amide bonds. The van der Waals surface area contributed by atoms with Crippen LogP contribution in [0.5, 0.6) is 11.5 Å². The Hall–Kier alpha value is -2.50. The Morgan fingerprint density at radius 1 is 1.08 bits per heavy atom. The highest BCUT2D eigenvalue weighted by Crippen LogP contribution is 2.22. The maximum absolute atomic E-state index is 11.7. The van der Waals surface area contributed by atoms with Gasteiger partial charge in [0.1, 0.15) is 23.7 Å². The van der Waals surface area contributed by atoms with Crippen LogP contribution in [0.15, 0.2) is 57.7 Å². The molecule has 0 saturated carbocycles. The topological polar surface area (TPSA) is 60.7 Å². The Bertz CT molecular complexity index is 905. The second-order valence-corrected chi connectivity index (χ2v) is 5.87. The Morgan fingerprint density at radius 2 is 1.84 bits per heavy atom. The first-order valence-electron chi connectivity index (χ1n) is 7.85. The van der Waals surface area contributed by atoms with Crippen LogP contribution in [0.4, 0.5) is 0 Å². The quantitative estimate of drug-likeness (QED) is 0.515. The number of hydrogen-bond acceptors (Lipinski definition) is 5. The molecule has 0 radical (unpaired) electrons. The van der Waals surface area contributed by atoms with Crippen LogP contribution in [0.3, 0.4) is 0 Å². The van der Waals surface area contributed by atoms with E-state index in [1.54, 1.807) is 25.3 Å². The summed E-state index contributed by atoms with van der Waals surface area (Å²) in [5, 5.41) is 4.83. The van der Waals surface area contributed by atoms with Crippen molar-refractivity contribution in [1.82, 2.24) is 5.32 Å². The van der Waals surface area contributed by atoms with E-state index in [2.05, 4.69) is 5.32 Å². The van der Waals surface area contributed by atoms with Gasteiger partial charge in [-0.3, -0.25) is 0 Å². The first-order valence-corrected chi connectivity index (χ1v) is 8.23. The lowest BCUT2D eigenvalue weighted by atomic mass is 10.1. The average molecular weight is 360 g/mol. The van der Waals surface area contributed by atoms with Gasteiger partial charge in [-0.05, 0) is 42.0 Å². The lowest BCUT2D eigenvalue weighted by molar-refractivity contribution is 0.313. The lowest BCUT2D eigenvalue weighted by Crippen LogP contribution is -2.21. The van der Waals surface area contributed by atoms with E-state index in [9.17, 15) is 4.79 Å². The normalized spacial score (nSPS) is 10.8. The molecule has 6 heteroatoms. The molecule has 0 aliphatic heterocycles. The van der Waals surface area contributed by atoms with Crippen molar-refractivity contribution < 1.29 is 13.9 Å². The molecule has 1 heterocycles. The van der Waals surface area contributed by atoms with Crippen molar-refractivity contribution in [1.29, 1.82) is 0 Å². The lowest BCUT2D eigenvalue weighted by Gasteiger charge is -2.09. The summed E-state index contributed by atoms with van der Waals surface area (Å²) in [6, 6.07) is 14.2. The number of fused-ring (bicyclic) bond motifs is 1. The smallest absolute Gasteiger partial charge is 0.336 e. The predicted molar refractivity (Wildman–Crippen MR) is 97.7 cm³/mol. The van der Waals surface area contributed by atoms with Gasteiger partial charge in [-0.15, -0.1) is 0 Å². The van der Waals surface area contributed by atoms with Gasteiger partial charge in [0.15, 0.2) is 0 Å². The molecular weight excluding hydrogens is 342 g/mol. The van der Waals surface area contributed by atoms with Gasteiger partial charge in [-0.1, -0.05) is 11.6 Å². The zero-order chi connectivity index (χ0) is 17.6. The van der Waals surface area contributed by atoms with Gasteiger partial charge in [0.2, 0.25) is 0 Å². The molecule has 0 saturated heterocycles. The fourth-order valence-electron chi connectivity index (χ4n) is 2.48. The molecule has 5 nitrogen and oxygen atoms in total. The molecule has 3 aromatic rings. The first kappa shape index (κ1) is 17.3. The summed E-state index contributed by atoms with van der Waals surface area (Å²) in [5.41, 5.74) is 1.01. The standard InChI is InChI=1S/C19H18ClNO4/c1-23-16-6-7-17-13(10-19(22)25-18(17)11-16)12-21-8-9-24-15-4-2-14(20)3-5-15/h2-7,10-11,21H,8-9,12H2,1H3. The molecule has 0 aliphatic rings. The van der Waals surface area contributed by atoms with Crippen molar-refractivity contribution in [3.63, 3.8) is 0 Å². The molecule has 0 atom stereocenters. The minimum Gasteiger partial charge on any atom is -0.497 e. The Kier molecular flexibility index (Phi) is 5.58. The minimum atomic E-state index is -0.380. The first-order chi connectivity index (χ1) is 12.2. The number of rotatable bonds is 7. The van der Waals surface area contributed by atoms with Crippen LogP contribution in [0.1, 0.15) is 5.56 Å². The van der Waals surface area contributed by atoms with E-state index < -0.39 is 0 Å². The molecule has 0 fully saturated rings. The van der Waals surface area contributed by atoms with Crippen molar-refractivity contribution in [3.8, 4) is 11.5 Å². The van der Waals surface area contributed by atoms with Gasteiger partial charge in [0, 0.05) is 35.6 Å². The molecule has 1 aromatic heterocycles. The maximum Gasteiger partial charge on any atom is 0.336 e. The van der Waals surface area contributed by atoms with Crippen molar-refractivity contribution >= 4 is 22.6 Å². The number of hydrogen-bond donors (Lipinski definition) is 1. The number of nitrogens with one attached hydrogen (secondary N) is 1. The third-order valence-corrected chi connectivity index (χ3v) is 3.97. The summed E-state index contributed by atoms with van der Waals surface area (Å²) in [6.45, 7) is 1.69. The Labute approximate surface area is 150 Å². The van der Waals surface area contributed by atoms with E-state index in [-0.39, 0.29) is 5.63 Å².